The summed E-state index contributed by atoms with van der Waals surface area (Å²) in [7, 11) is 0. The molecule has 0 saturated heterocycles. The van der Waals surface area contributed by atoms with Gasteiger partial charge in [-0.05, 0) is 37.5 Å². The molecule has 0 amide bonds. The number of rotatable bonds is 3. The molecule has 1 aromatic rings. The number of hydrogen-bond donors (Lipinski definition) is 1. The van der Waals surface area contributed by atoms with Gasteiger partial charge in [0.05, 0.1) is 6.04 Å². The van der Waals surface area contributed by atoms with Crippen LogP contribution < -0.4 is 5.73 Å². The monoisotopic (exact) mass is 219 g/mol. The van der Waals surface area contributed by atoms with E-state index in [0.717, 1.165) is 30.1 Å². The molecule has 2 N–H and O–H groups in total. The number of aryl methyl sites for hydroxylation is 1. The molecule has 3 nitrogen and oxygen atoms in total. The molecule has 16 heavy (non-hydrogen) atoms. The van der Waals surface area contributed by atoms with Crippen molar-refractivity contribution < 1.29 is 0 Å². The van der Waals surface area contributed by atoms with Crippen LogP contribution in [0.2, 0.25) is 0 Å². The maximum atomic E-state index is 6.40. The molecular formula is C13H21N3. The van der Waals surface area contributed by atoms with Crippen LogP contribution in [0.5, 0.6) is 0 Å². The van der Waals surface area contributed by atoms with Crippen molar-refractivity contribution in [2.45, 2.75) is 45.2 Å². The highest BCUT2D eigenvalue weighted by Crippen LogP contribution is 2.59. The average Bonchev–Trinajstić information content (AvgIpc) is 2.84. The summed E-state index contributed by atoms with van der Waals surface area (Å²) in [6.07, 6.45) is 9.54. The predicted octanol–water partition coefficient (Wildman–Crippen LogP) is 2.34. The van der Waals surface area contributed by atoms with E-state index in [1.54, 1.807) is 0 Å². The summed E-state index contributed by atoms with van der Waals surface area (Å²) < 4.78 is 2.19. The van der Waals surface area contributed by atoms with Crippen LogP contribution in [-0.2, 0) is 6.54 Å². The van der Waals surface area contributed by atoms with Crippen molar-refractivity contribution in [1.82, 2.24) is 9.55 Å². The molecule has 2 saturated carbocycles. The van der Waals surface area contributed by atoms with Gasteiger partial charge in [-0.25, -0.2) is 4.98 Å². The number of hydrogen-bond acceptors (Lipinski definition) is 2. The smallest absolute Gasteiger partial charge is 0.125 e. The molecule has 0 radical (unpaired) electrons. The van der Waals surface area contributed by atoms with Gasteiger partial charge in [-0.1, -0.05) is 12.8 Å². The Labute approximate surface area is 97.0 Å². The third-order valence-corrected chi connectivity index (χ3v) is 4.52. The second-order valence-electron chi connectivity index (χ2n) is 5.29. The quantitative estimate of drug-likeness (QED) is 0.848. The summed E-state index contributed by atoms with van der Waals surface area (Å²) in [5.41, 5.74) is 6.40. The zero-order valence-electron chi connectivity index (χ0n) is 9.97. The molecule has 0 bridgehead atoms. The zero-order valence-corrected chi connectivity index (χ0v) is 9.97. The molecule has 0 aliphatic heterocycles. The highest BCUT2D eigenvalue weighted by Gasteiger charge is 2.54. The van der Waals surface area contributed by atoms with Crippen molar-refractivity contribution in [3.8, 4) is 0 Å². The van der Waals surface area contributed by atoms with Gasteiger partial charge >= 0.3 is 0 Å². The maximum absolute atomic E-state index is 6.40. The molecule has 3 heteroatoms. The second-order valence-corrected chi connectivity index (χ2v) is 5.29. The van der Waals surface area contributed by atoms with Crippen LogP contribution in [0.3, 0.4) is 0 Å². The van der Waals surface area contributed by atoms with Crippen LogP contribution in [0.1, 0.15) is 44.5 Å². The summed E-state index contributed by atoms with van der Waals surface area (Å²) in [5, 5.41) is 0. The van der Waals surface area contributed by atoms with E-state index in [0.29, 0.717) is 0 Å². The van der Waals surface area contributed by atoms with Crippen molar-refractivity contribution >= 4 is 0 Å². The van der Waals surface area contributed by atoms with Gasteiger partial charge in [0.2, 0.25) is 0 Å². The predicted molar refractivity (Wildman–Crippen MR) is 63.8 cm³/mol. The minimum atomic E-state index is 0.169. The molecule has 3 unspecified atom stereocenters. The number of nitrogens with two attached hydrogens (primary N) is 1. The van der Waals surface area contributed by atoms with Gasteiger partial charge < -0.3 is 10.3 Å². The zero-order chi connectivity index (χ0) is 11.1. The van der Waals surface area contributed by atoms with E-state index in [9.17, 15) is 0 Å². The summed E-state index contributed by atoms with van der Waals surface area (Å²) in [4.78, 5) is 4.44. The Bertz CT molecular complexity index is 359. The van der Waals surface area contributed by atoms with Gasteiger partial charge in [0.15, 0.2) is 0 Å². The van der Waals surface area contributed by atoms with Gasteiger partial charge in [-0.15, -0.1) is 0 Å². The first kappa shape index (κ1) is 10.3. The van der Waals surface area contributed by atoms with E-state index < -0.39 is 0 Å². The summed E-state index contributed by atoms with van der Waals surface area (Å²) >= 11 is 0. The van der Waals surface area contributed by atoms with Gasteiger partial charge in [-0.2, -0.15) is 0 Å². The van der Waals surface area contributed by atoms with Crippen molar-refractivity contribution in [3.63, 3.8) is 0 Å². The van der Waals surface area contributed by atoms with E-state index in [4.69, 9.17) is 5.73 Å². The molecule has 0 spiro atoms. The van der Waals surface area contributed by atoms with E-state index in [1.807, 2.05) is 12.4 Å². The highest BCUT2D eigenvalue weighted by atomic mass is 15.1. The third kappa shape index (κ3) is 1.49. The summed E-state index contributed by atoms with van der Waals surface area (Å²) in [6, 6.07) is 0.169. The first-order chi connectivity index (χ1) is 7.83. The molecule has 2 aliphatic rings. The molecular weight excluding hydrogens is 198 g/mol. The Morgan fingerprint density at radius 1 is 1.44 bits per heavy atom. The maximum Gasteiger partial charge on any atom is 0.125 e. The van der Waals surface area contributed by atoms with Crippen molar-refractivity contribution in [3.05, 3.63) is 18.2 Å². The van der Waals surface area contributed by atoms with Gasteiger partial charge in [0.25, 0.3) is 0 Å². The Hall–Kier alpha value is -0.830. The van der Waals surface area contributed by atoms with Gasteiger partial charge in [0.1, 0.15) is 5.82 Å². The third-order valence-electron chi connectivity index (χ3n) is 4.52. The SMILES string of the molecule is CCn1ccnc1C(N)C1C2CCCCC21. The van der Waals surface area contributed by atoms with Gasteiger partial charge in [-0.3, -0.25) is 0 Å². The fourth-order valence-corrected chi connectivity index (χ4v) is 3.64. The molecule has 2 aliphatic carbocycles. The standard InChI is InChI=1S/C13H21N3/c1-2-16-8-7-15-13(16)12(14)11-9-5-3-4-6-10(9)11/h7-12H,2-6,14H2,1H3. The summed E-state index contributed by atoms with van der Waals surface area (Å²) in [5.74, 6) is 3.63. The first-order valence-corrected chi connectivity index (χ1v) is 6.59. The highest BCUT2D eigenvalue weighted by molar-refractivity contribution is 5.11. The number of imidazole rings is 1. The fraction of sp³-hybridized carbons (Fsp3) is 0.769. The van der Waals surface area contributed by atoms with E-state index in [-0.39, 0.29) is 6.04 Å². The Morgan fingerprint density at radius 2 is 2.12 bits per heavy atom. The van der Waals surface area contributed by atoms with Crippen LogP contribution in [0.4, 0.5) is 0 Å². The second kappa shape index (κ2) is 3.88. The average molecular weight is 219 g/mol. The Balaban J connectivity index is 1.76. The van der Waals surface area contributed by atoms with Crippen molar-refractivity contribution in [2.75, 3.05) is 0 Å². The lowest BCUT2D eigenvalue weighted by atomic mass is 10.0. The van der Waals surface area contributed by atoms with Crippen LogP contribution in [0.25, 0.3) is 0 Å². The minimum absolute atomic E-state index is 0.169. The number of fused-ring (bicyclic) bond motifs is 1. The van der Waals surface area contributed by atoms with Crippen LogP contribution in [0, 0.1) is 17.8 Å². The topological polar surface area (TPSA) is 43.8 Å². The lowest BCUT2D eigenvalue weighted by molar-refractivity contribution is 0.480. The summed E-state index contributed by atoms with van der Waals surface area (Å²) in [6.45, 7) is 3.13. The lowest BCUT2D eigenvalue weighted by Gasteiger charge is -2.12. The van der Waals surface area contributed by atoms with Crippen LogP contribution in [-0.4, -0.2) is 9.55 Å². The van der Waals surface area contributed by atoms with Crippen LogP contribution >= 0.6 is 0 Å². The molecule has 0 aromatic carbocycles. The lowest BCUT2D eigenvalue weighted by Crippen LogP contribution is -2.19. The van der Waals surface area contributed by atoms with Crippen LogP contribution in [0.15, 0.2) is 12.4 Å². The van der Waals surface area contributed by atoms with E-state index >= 15 is 0 Å². The Kier molecular flexibility index (Phi) is 2.51. The normalized spacial score (nSPS) is 34.5. The largest absolute Gasteiger partial charge is 0.334 e. The molecule has 1 heterocycles. The molecule has 88 valence electrons. The van der Waals surface area contributed by atoms with Crippen molar-refractivity contribution in [2.24, 2.45) is 23.5 Å². The fourth-order valence-electron chi connectivity index (χ4n) is 3.64. The first-order valence-electron chi connectivity index (χ1n) is 6.59. The number of nitrogens with zero attached hydrogens (tertiary/aromatic N) is 2. The van der Waals surface area contributed by atoms with Gasteiger partial charge in [0, 0.05) is 18.9 Å². The number of aromatic nitrogens is 2. The van der Waals surface area contributed by atoms with Crippen molar-refractivity contribution in [1.29, 1.82) is 0 Å². The molecule has 3 atom stereocenters. The minimum Gasteiger partial charge on any atom is -0.334 e. The Morgan fingerprint density at radius 3 is 2.75 bits per heavy atom. The molecule has 3 rings (SSSR count). The molecule has 1 aromatic heterocycles. The molecule has 2 fully saturated rings. The van der Waals surface area contributed by atoms with E-state index in [2.05, 4.69) is 16.5 Å². The van der Waals surface area contributed by atoms with E-state index in [1.165, 1.54) is 25.7 Å².